The van der Waals surface area contributed by atoms with Gasteiger partial charge in [-0.15, -0.1) is 0 Å². The van der Waals surface area contributed by atoms with E-state index in [0.717, 1.165) is 5.75 Å². The van der Waals surface area contributed by atoms with Gasteiger partial charge < -0.3 is 25.0 Å². The molecule has 0 aliphatic carbocycles. The zero-order valence-corrected chi connectivity index (χ0v) is 18.9. The minimum atomic E-state index is -0.394. The van der Waals surface area contributed by atoms with Crippen LogP contribution in [0.4, 0.5) is 21.9 Å². The van der Waals surface area contributed by atoms with E-state index in [0.29, 0.717) is 47.4 Å². The first-order valence-corrected chi connectivity index (χ1v) is 11.0. The molecule has 3 aromatic rings. The SMILES string of the molecule is Cc1ccc(OCCCN2C(=O)COc3cc(NC(=O)Nc4ccc(Cl)cc4)ccc32)cc1. The van der Waals surface area contributed by atoms with E-state index in [2.05, 4.69) is 10.6 Å². The van der Waals surface area contributed by atoms with E-state index in [-0.39, 0.29) is 12.5 Å². The zero-order chi connectivity index (χ0) is 23.2. The predicted molar refractivity (Wildman–Crippen MR) is 130 cm³/mol. The molecule has 1 aliphatic heterocycles. The number of urea groups is 1. The second-order valence-corrected chi connectivity index (χ2v) is 8.05. The van der Waals surface area contributed by atoms with Crippen LogP contribution >= 0.6 is 11.6 Å². The van der Waals surface area contributed by atoms with Crippen molar-refractivity contribution in [1.82, 2.24) is 0 Å². The van der Waals surface area contributed by atoms with E-state index < -0.39 is 6.03 Å². The maximum atomic E-state index is 12.4. The Balaban J connectivity index is 1.34. The molecule has 0 bridgehead atoms. The molecule has 3 aromatic carbocycles. The van der Waals surface area contributed by atoms with Gasteiger partial charge >= 0.3 is 6.03 Å². The molecule has 33 heavy (non-hydrogen) atoms. The Bertz CT molecular complexity index is 1130. The summed E-state index contributed by atoms with van der Waals surface area (Å²) >= 11 is 5.86. The first kappa shape index (κ1) is 22.5. The molecule has 8 heteroatoms. The average molecular weight is 466 g/mol. The molecule has 0 unspecified atom stereocenters. The summed E-state index contributed by atoms with van der Waals surface area (Å²) in [7, 11) is 0. The number of amides is 3. The third-order valence-electron chi connectivity index (χ3n) is 5.08. The lowest BCUT2D eigenvalue weighted by Gasteiger charge is -2.29. The summed E-state index contributed by atoms with van der Waals surface area (Å²) in [6.45, 7) is 2.98. The van der Waals surface area contributed by atoms with Crippen LogP contribution in [-0.4, -0.2) is 31.7 Å². The van der Waals surface area contributed by atoms with Gasteiger partial charge in [0, 0.05) is 29.0 Å². The molecule has 3 amide bonds. The number of ether oxygens (including phenoxy) is 2. The summed E-state index contributed by atoms with van der Waals surface area (Å²) in [5.74, 6) is 1.24. The Hall–Kier alpha value is -3.71. The predicted octanol–water partition coefficient (Wildman–Crippen LogP) is 5.49. The van der Waals surface area contributed by atoms with Crippen molar-refractivity contribution < 1.29 is 19.1 Å². The molecule has 0 fully saturated rings. The fourth-order valence-corrected chi connectivity index (χ4v) is 3.53. The molecule has 0 radical (unpaired) electrons. The van der Waals surface area contributed by atoms with Crippen molar-refractivity contribution in [2.75, 3.05) is 35.3 Å². The molecule has 0 saturated carbocycles. The number of carbonyl (C=O) groups excluding carboxylic acids is 2. The minimum absolute atomic E-state index is 0.0494. The number of carbonyl (C=O) groups is 2. The molecule has 170 valence electrons. The Morgan fingerprint density at radius 1 is 1.03 bits per heavy atom. The number of hydrogen-bond acceptors (Lipinski definition) is 4. The van der Waals surface area contributed by atoms with E-state index in [1.807, 2.05) is 31.2 Å². The summed E-state index contributed by atoms with van der Waals surface area (Å²) in [5, 5.41) is 6.10. The fraction of sp³-hybridized carbons (Fsp3) is 0.200. The molecule has 4 rings (SSSR count). The lowest BCUT2D eigenvalue weighted by Crippen LogP contribution is -2.39. The molecule has 1 heterocycles. The fourth-order valence-electron chi connectivity index (χ4n) is 3.40. The Morgan fingerprint density at radius 3 is 2.48 bits per heavy atom. The summed E-state index contributed by atoms with van der Waals surface area (Å²) < 4.78 is 11.4. The lowest BCUT2D eigenvalue weighted by atomic mass is 10.2. The number of benzene rings is 3. The Labute approximate surface area is 197 Å². The minimum Gasteiger partial charge on any atom is -0.494 e. The van der Waals surface area contributed by atoms with Crippen LogP contribution in [0.5, 0.6) is 11.5 Å². The number of halogens is 1. The van der Waals surface area contributed by atoms with E-state index in [4.69, 9.17) is 21.1 Å². The maximum absolute atomic E-state index is 12.4. The standard InChI is InChI=1S/C25H24ClN3O4/c1-17-3-10-21(11-4-17)32-14-2-13-29-22-12-9-20(15-23(22)33-16-24(29)30)28-25(31)27-19-7-5-18(26)6-8-19/h3-12,15H,2,13-14,16H2,1H3,(H2,27,28,31). The number of nitrogens with one attached hydrogen (secondary N) is 2. The number of nitrogens with zero attached hydrogens (tertiary/aromatic N) is 1. The van der Waals surface area contributed by atoms with E-state index in [1.54, 1.807) is 47.4 Å². The highest BCUT2D eigenvalue weighted by Gasteiger charge is 2.25. The van der Waals surface area contributed by atoms with Crippen LogP contribution in [0.25, 0.3) is 0 Å². The third-order valence-corrected chi connectivity index (χ3v) is 5.33. The highest BCUT2D eigenvalue weighted by atomic mass is 35.5. The van der Waals surface area contributed by atoms with Crippen LogP contribution in [0.2, 0.25) is 5.02 Å². The third kappa shape index (κ3) is 5.96. The topological polar surface area (TPSA) is 79.9 Å². The summed E-state index contributed by atoms with van der Waals surface area (Å²) in [6, 6.07) is 19.5. The molecular formula is C25H24ClN3O4. The van der Waals surface area contributed by atoms with Crippen LogP contribution in [0, 0.1) is 6.92 Å². The van der Waals surface area contributed by atoms with Gasteiger partial charge in [-0.05, 0) is 61.9 Å². The average Bonchev–Trinajstić information content (AvgIpc) is 2.80. The zero-order valence-electron chi connectivity index (χ0n) is 18.1. The molecule has 0 saturated heterocycles. The van der Waals surface area contributed by atoms with Crippen LogP contribution in [0.1, 0.15) is 12.0 Å². The molecule has 2 N–H and O–H groups in total. The maximum Gasteiger partial charge on any atom is 0.323 e. The number of anilines is 3. The van der Waals surface area contributed by atoms with Gasteiger partial charge in [-0.1, -0.05) is 29.3 Å². The van der Waals surface area contributed by atoms with Crippen LogP contribution in [0.15, 0.2) is 66.7 Å². The lowest BCUT2D eigenvalue weighted by molar-refractivity contribution is -0.121. The van der Waals surface area contributed by atoms with Gasteiger partial charge in [0.1, 0.15) is 11.5 Å². The summed E-state index contributed by atoms with van der Waals surface area (Å²) in [4.78, 5) is 26.4. The second kappa shape index (κ2) is 10.3. The largest absolute Gasteiger partial charge is 0.494 e. The van der Waals surface area contributed by atoms with Gasteiger partial charge in [-0.3, -0.25) is 4.79 Å². The van der Waals surface area contributed by atoms with Crippen molar-refractivity contribution in [3.63, 3.8) is 0 Å². The van der Waals surface area contributed by atoms with Crippen molar-refractivity contribution in [3.05, 3.63) is 77.3 Å². The van der Waals surface area contributed by atoms with Crippen molar-refractivity contribution >= 4 is 40.6 Å². The first-order chi connectivity index (χ1) is 16.0. The number of hydrogen-bond donors (Lipinski definition) is 2. The molecule has 1 aliphatic rings. The van der Waals surface area contributed by atoms with E-state index >= 15 is 0 Å². The second-order valence-electron chi connectivity index (χ2n) is 7.62. The van der Waals surface area contributed by atoms with Gasteiger partial charge in [-0.25, -0.2) is 4.79 Å². The normalized spacial score (nSPS) is 12.5. The van der Waals surface area contributed by atoms with Crippen molar-refractivity contribution in [3.8, 4) is 11.5 Å². The van der Waals surface area contributed by atoms with Crippen molar-refractivity contribution in [2.45, 2.75) is 13.3 Å². The highest BCUT2D eigenvalue weighted by molar-refractivity contribution is 6.30. The van der Waals surface area contributed by atoms with Crippen LogP contribution in [0.3, 0.4) is 0 Å². The van der Waals surface area contributed by atoms with E-state index in [9.17, 15) is 9.59 Å². The summed E-state index contributed by atoms with van der Waals surface area (Å²) in [6.07, 6.45) is 0.669. The number of fused-ring (bicyclic) bond motifs is 1. The van der Waals surface area contributed by atoms with Crippen LogP contribution in [-0.2, 0) is 4.79 Å². The molecule has 0 atom stereocenters. The Kier molecular flexibility index (Phi) is 7.00. The summed E-state index contributed by atoms with van der Waals surface area (Å²) in [5.41, 5.74) is 3.02. The van der Waals surface area contributed by atoms with Crippen LogP contribution < -0.4 is 25.0 Å². The molecule has 0 aromatic heterocycles. The number of rotatable bonds is 7. The molecule has 0 spiro atoms. The monoisotopic (exact) mass is 465 g/mol. The van der Waals surface area contributed by atoms with Gasteiger partial charge in [0.2, 0.25) is 0 Å². The highest BCUT2D eigenvalue weighted by Crippen LogP contribution is 2.34. The number of aryl methyl sites for hydroxylation is 1. The van der Waals surface area contributed by atoms with Gasteiger partial charge in [0.25, 0.3) is 5.91 Å². The molecular weight excluding hydrogens is 442 g/mol. The quantitative estimate of drug-likeness (QED) is 0.452. The smallest absolute Gasteiger partial charge is 0.323 e. The van der Waals surface area contributed by atoms with Gasteiger partial charge in [0.05, 0.1) is 12.3 Å². The van der Waals surface area contributed by atoms with Gasteiger partial charge in [0.15, 0.2) is 6.61 Å². The van der Waals surface area contributed by atoms with Gasteiger partial charge in [-0.2, -0.15) is 0 Å². The first-order valence-electron chi connectivity index (χ1n) is 10.6. The van der Waals surface area contributed by atoms with Crippen molar-refractivity contribution in [1.29, 1.82) is 0 Å². The Morgan fingerprint density at radius 2 is 1.73 bits per heavy atom. The van der Waals surface area contributed by atoms with Crippen molar-refractivity contribution in [2.24, 2.45) is 0 Å². The van der Waals surface area contributed by atoms with E-state index in [1.165, 1.54) is 5.56 Å². The molecule has 7 nitrogen and oxygen atoms in total.